The van der Waals surface area contributed by atoms with Crippen molar-refractivity contribution in [3.8, 4) is 11.5 Å². The largest absolute Gasteiger partial charge is 0.490 e. The summed E-state index contributed by atoms with van der Waals surface area (Å²) in [6.07, 6.45) is 0.924. The number of nitrogens with zero attached hydrogens (tertiary/aromatic N) is 4. The number of hydrogen-bond donors (Lipinski definition) is 2. The van der Waals surface area contributed by atoms with Crippen molar-refractivity contribution in [3.63, 3.8) is 0 Å². The Morgan fingerprint density at radius 3 is 2.75 bits per heavy atom. The Balaban J connectivity index is 1.75. The van der Waals surface area contributed by atoms with Crippen molar-refractivity contribution in [2.45, 2.75) is 47.1 Å². The molecule has 190 valence electrons. The fourth-order valence-electron chi connectivity index (χ4n) is 4.08. The van der Waals surface area contributed by atoms with Crippen LogP contribution < -0.4 is 20.1 Å². The minimum absolute atomic E-state index is 0.247. The normalized spacial score (nSPS) is 14.9. The van der Waals surface area contributed by atoms with Crippen LogP contribution in [0.5, 0.6) is 11.5 Å². The number of amides is 1. The fourth-order valence-corrected chi connectivity index (χ4v) is 4.66. The van der Waals surface area contributed by atoms with Crippen LogP contribution >= 0.6 is 15.9 Å². The summed E-state index contributed by atoms with van der Waals surface area (Å²) >= 11 is 3.67. The van der Waals surface area contributed by atoms with Crippen LogP contribution in [0, 0.1) is 12.8 Å². The minimum atomic E-state index is -0.582. The SMILES string of the molecule is CCOc1cc(C2C(C(=O)Nc3cccc(C)c3)=C(C)Nc3nnnn32)cc(Br)c1OCCC(C)C. The highest BCUT2D eigenvalue weighted by Gasteiger charge is 2.35. The van der Waals surface area contributed by atoms with E-state index in [0.29, 0.717) is 53.5 Å². The predicted molar refractivity (Wildman–Crippen MR) is 142 cm³/mol. The first-order valence-electron chi connectivity index (χ1n) is 12.0. The topological polar surface area (TPSA) is 103 Å². The highest BCUT2D eigenvalue weighted by molar-refractivity contribution is 9.10. The number of ether oxygens (including phenoxy) is 2. The zero-order valence-electron chi connectivity index (χ0n) is 21.1. The Bertz CT molecular complexity index is 1290. The van der Waals surface area contributed by atoms with E-state index in [2.05, 4.69) is 55.9 Å². The van der Waals surface area contributed by atoms with Gasteiger partial charge in [0.15, 0.2) is 11.5 Å². The first kappa shape index (κ1) is 25.7. The molecule has 1 unspecified atom stereocenters. The number of fused-ring (bicyclic) bond motifs is 1. The summed E-state index contributed by atoms with van der Waals surface area (Å²) in [6.45, 7) is 11.1. The predicted octanol–water partition coefficient (Wildman–Crippen LogP) is 5.50. The van der Waals surface area contributed by atoms with Gasteiger partial charge in [-0.05, 0) is 94.9 Å². The number of hydrogen-bond acceptors (Lipinski definition) is 7. The molecule has 1 aromatic heterocycles. The maximum Gasteiger partial charge on any atom is 0.255 e. The van der Waals surface area contributed by atoms with Crippen LogP contribution in [0.25, 0.3) is 0 Å². The monoisotopic (exact) mass is 554 g/mol. The molecule has 1 atom stereocenters. The van der Waals surface area contributed by atoms with E-state index in [9.17, 15) is 4.79 Å². The molecule has 3 aromatic rings. The van der Waals surface area contributed by atoms with Gasteiger partial charge in [-0.3, -0.25) is 4.79 Å². The Morgan fingerprint density at radius 2 is 2.03 bits per heavy atom. The molecule has 1 aliphatic heterocycles. The molecular formula is C26H31BrN6O3. The van der Waals surface area contributed by atoms with Crippen LogP contribution in [0.15, 0.2) is 52.1 Å². The molecule has 2 aromatic carbocycles. The zero-order chi connectivity index (χ0) is 25.8. The van der Waals surface area contributed by atoms with Crippen molar-refractivity contribution in [3.05, 3.63) is 63.3 Å². The lowest BCUT2D eigenvalue weighted by molar-refractivity contribution is -0.113. The van der Waals surface area contributed by atoms with Gasteiger partial charge in [-0.2, -0.15) is 4.68 Å². The molecule has 0 saturated heterocycles. The Hall–Kier alpha value is -3.40. The summed E-state index contributed by atoms with van der Waals surface area (Å²) in [5.41, 5.74) is 3.72. The summed E-state index contributed by atoms with van der Waals surface area (Å²) < 4.78 is 14.4. The van der Waals surface area contributed by atoms with Gasteiger partial charge < -0.3 is 20.1 Å². The first-order chi connectivity index (χ1) is 17.3. The number of aryl methyl sites for hydroxylation is 1. The second-order valence-electron chi connectivity index (χ2n) is 9.13. The zero-order valence-corrected chi connectivity index (χ0v) is 22.7. The number of rotatable bonds is 9. The number of anilines is 2. The van der Waals surface area contributed by atoms with E-state index < -0.39 is 6.04 Å². The molecule has 2 N–H and O–H groups in total. The van der Waals surface area contributed by atoms with E-state index in [4.69, 9.17) is 9.47 Å². The number of tetrazole rings is 1. The molecular weight excluding hydrogens is 524 g/mol. The number of halogens is 1. The summed E-state index contributed by atoms with van der Waals surface area (Å²) in [5.74, 6) is 1.96. The third-order valence-corrected chi connectivity index (χ3v) is 6.41. The summed E-state index contributed by atoms with van der Waals surface area (Å²) in [4.78, 5) is 13.6. The van der Waals surface area contributed by atoms with Gasteiger partial charge in [0.05, 0.1) is 23.3 Å². The van der Waals surface area contributed by atoms with E-state index in [1.54, 1.807) is 4.68 Å². The molecule has 1 aliphatic rings. The molecule has 0 saturated carbocycles. The van der Waals surface area contributed by atoms with Crippen LogP contribution in [0.3, 0.4) is 0 Å². The van der Waals surface area contributed by atoms with Crippen molar-refractivity contribution in [2.24, 2.45) is 5.92 Å². The minimum Gasteiger partial charge on any atom is -0.490 e. The van der Waals surface area contributed by atoms with Gasteiger partial charge in [0.1, 0.15) is 6.04 Å². The lowest BCUT2D eigenvalue weighted by Crippen LogP contribution is -2.31. The third kappa shape index (κ3) is 5.53. The Kier molecular flexibility index (Phi) is 7.93. The molecule has 2 heterocycles. The standard InChI is InChI=1S/C26H31BrN6O3/c1-6-35-21-14-18(13-20(27)24(21)36-11-10-15(2)3)23-22(17(5)28-26-30-31-32-33(23)26)25(34)29-19-9-7-8-16(4)12-19/h7-9,12-15,23H,6,10-11H2,1-5H3,(H,29,34)(H,28,30,32). The van der Waals surface area contributed by atoms with Crippen LogP contribution in [0.1, 0.15) is 51.3 Å². The number of carbonyl (C=O) groups is 1. The Morgan fingerprint density at radius 1 is 1.22 bits per heavy atom. The molecule has 0 aliphatic carbocycles. The molecule has 0 fully saturated rings. The third-order valence-electron chi connectivity index (χ3n) is 5.82. The number of carbonyl (C=O) groups excluding carboxylic acids is 1. The van der Waals surface area contributed by atoms with E-state index in [0.717, 1.165) is 22.0 Å². The van der Waals surface area contributed by atoms with Crippen molar-refractivity contribution in [1.82, 2.24) is 20.2 Å². The summed E-state index contributed by atoms with van der Waals surface area (Å²) in [7, 11) is 0. The maximum absolute atomic E-state index is 13.6. The summed E-state index contributed by atoms with van der Waals surface area (Å²) in [5, 5.41) is 18.3. The van der Waals surface area contributed by atoms with Crippen LogP contribution in [-0.2, 0) is 4.79 Å². The fraction of sp³-hybridized carbons (Fsp3) is 0.385. The van der Waals surface area contributed by atoms with E-state index in [-0.39, 0.29) is 5.91 Å². The van der Waals surface area contributed by atoms with Gasteiger partial charge >= 0.3 is 0 Å². The van der Waals surface area contributed by atoms with Crippen LogP contribution in [0.4, 0.5) is 11.6 Å². The molecule has 1 amide bonds. The first-order valence-corrected chi connectivity index (χ1v) is 12.8. The van der Waals surface area contributed by atoms with E-state index >= 15 is 0 Å². The molecule has 0 radical (unpaired) electrons. The highest BCUT2D eigenvalue weighted by Crippen LogP contribution is 2.43. The van der Waals surface area contributed by atoms with Gasteiger partial charge in [-0.25, -0.2) is 0 Å². The van der Waals surface area contributed by atoms with Crippen molar-refractivity contribution in [1.29, 1.82) is 0 Å². The molecule has 10 heteroatoms. The van der Waals surface area contributed by atoms with Gasteiger partial charge in [0.2, 0.25) is 5.95 Å². The smallest absolute Gasteiger partial charge is 0.255 e. The van der Waals surface area contributed by atoms with Crippen LogP contribution in [0.2, 0.25) is 0 Å². The number of allylic oxidation sites excluding steroid dienone is 1. The average Bonchev–Trinajstić information content (AvgIpc) is 3.27. The molecule has 9 nitrogen and oxygen atoms in total. The second-order valence-corrected chi connectivity index (χ2v) is 9.99. The van der Waals surface area contributed by atoms with Crippen molar-refractivity contribution in [2.75, 3.05) is 23.8 Å². The molecule has 36 heavy (non-hydrogen) atoms. The number of nitrogens with one attached hydrogen (secondary N) is 2. The van der Waals surface area contributed by atoms with Crippen LogP contribution in [-0.4, -0.2) is 39.3 Å². The highest BCUT2D eigenvalue weighted by atomic mass is 79.9. The molecule has 0 bridgehead atoms. The lowest BCUT2D eigenvalue weighted by Gasteiger charge is -2.28. The molecule has 0 spiro atoms. The lowest BCUT2D eigenvalue weighted by atomic mass is 9.94. The second kappa shape index (κ2) is 11.1. The van der Waals surface area contributed by atoms with E-state index in [1.807, 2.05) is 57.2 Å². The summed E-state index contributed by atoms with van der Waals surface area (Å²) in [6, 6.07) is 10.9. The van der Waals surface area contributed by atoms with Crippen molar-refractivity contribution < 1.29 is 14.3 Å². The van der Waals surface area contributed by atoms with Gasteiger partial charge in [-0.15, -0.1) is 0 Å². The number of benzene rings is 2. The quantitative estimate of drug-likeness (QED) is 0.360. The molecule has 4 rings (SSSR count). The Labute approximate surface area is 219 Å². The maximum atomic E-state index is 13.6. The van der Waals surface area contributed by atoms with Gasteiger partial charge in [-0.1, -0.05) is 31.1 Å². The van der Waals surface area contributed by atoms with Gasteiger partial charge in [0.25, 0.3) is 5.91 Å². The number of aromatic nitrogens is 4. The van der Waals surface area contributed by atoms with Gasteiger partial charge in [0, 0.05) is 11.4 Å². The average molecular weight is 555 g/mol. The van der Waals surface area contributed by atoms with E-state index in [1.165, 1.54) is 0 Å². The van der Waals surface area contributed by atoms with Crippen molar-refractivity contribution >= 4 is 33.5 Å².